The summed E-state index contributed by atoms with van der Waals surface area (Å²) in [6.45, 7) is 5.11. The first-order valence-electron chi connectivity index (χ1n) is 14.9. The zero-order chi connectivity index (χ0) is 29.3. The summed E-state index contributed by atoms with van der Waals surface area (Å²) in [5.41, 5.74) is 11.2. The van der Waals surface area contributed by atoms with Crippen molar-refractivity contribution in [1.29, 1.82) is 0 Å². The van der Waals surface area contributed by atoms with Crippen molar-refractivity contribution in [2.75, 3.05) is 0 Å². The van der Waals surface area contributed by atoms with Gasteiger partial charge < -0.3 is 0 Å². The molecule has 0 aromatic heterocycles. The van der Waals surface area contributed by atoms with E-state index in [2.05, 4.69) is 134 Å². The Hall–Kier alpha value is -3.88. The molecule has 208 valence electrons. The van der Waals surface area contributed by atoms with Gasteiger partial charge >= 0.3 is 0 Å². The van der Waals surface area contributed by atoms with Gasteiger partial charge in [-0.05, 0) is 90.6 Å². The highest BCUT2D eigenvalue weighted by Gasteiger charge is 2.43. The van der Waals surface area contributed by atoms with Crippen LogP contribution in [0.1, 0.15) is 33.3 Å². The van der Waals surface area contributed by atoms with Gasteiger partial charge in [0.15, 0.2) is 0 Å². The van der Waals surface area contributed by atoms with Crippen LogP contribution in [0.4, 0.5) is 0 Å². The van der Waals surface area contributed by atoms with E-state index in [1.54, 1.807) is 0 Å². The van der Waals surface area contributed by atoms with Crippen LogP contribution in [-0.4, -0.2) is 8.07 Å². The fourth-order valence-electron chi connectivity index (χ4n) is 7.51. The summed E-state index contributed by atoms with van der Waals surface area (Å²) < 4.78 is 0. The van der Waals surface area contributed by atoms with Crippen molar-refractivity contribution in [2.24, 2.45) is 0 Å². The third-order valence-electron chi connectivity index (χ3n) is 9.71. The number of fused-ring (bicyclic) bond motifs is 4. The zero-order valence-electron chi connectivity index (χ0n) is 24.1. The van der Waals surface area contributed by atoms with Gasteiger partial charge in [-0.15, -0.1) is 0 Å². The van der Waals surface area contributed by atoms with Crippen LogP contribution in [0.2, 0.25) is 23.1 Å². The van der Waals surface area contributed by atoms with E-state index in [0.717, 1.165) is 20.8 Å². The van der Waals surface area contributed by atoms with Crippen LogP contribution in [0.3, 0.4) is 0 Å². The third kappa shape index (κ3) is 4.25. The summed E-state index contributed by atoms with van der Waals surface area (Å²) in [4.78, 5) is 0. The summed E-state index contributed by atoms with van der Waals surface area (Å²) in [7, 11) is -1.92. The molecule has 0 fully saturated rings. The normalized spacial score (nSPS) is 17.1. The molecule has 43 heavy (non-hydrogen) atoms. The van der Waals surface area contributed by atoms with Gasteiger partial charge in [0.2, 0.25) is 0 Å². The lowest BCUT2D eigenvalue weighted by atomic mass is 9.95. The van der Waals surface area contributed by atoms with Crippen molar-refractivity contribution >= 4 is 65.0 Å². The molecule has 2 aliphatic carbocycles. The molecule has 0 N–H and O–H groups in total. The van der Waals surface area contributed by atoms with Crippen LogP contribution < -0.4 is 0 Å². The summed E-state index contributed by atoms with van der Waals surface area (Å²) in [5.74, 6) is 0. The Morgan fingerprint density at radius 1 is 0.512 bits per heavy atom. The lowest BCUT2D eigenvalue weighted by molar-refractivity contribution is 1.05. The predicted octanol–water partition coefficient (Wildman–Crippen LogP) is 12.3. The third-order valence-corrected chi connectivity index (χ3v) is 14.5. The van der Waals surface area contributed by atoms with Crippen molar-refractivity contribution in [3.8, 4) is 22.3 Å². The van der Waals surface area contributed by atoms with Crippen molar-refractivity contribution in [3.05, 3.63) is 154 Å². The summed E-state index contributed by atoms with van der Waals surface area (Å²) in [6.07, 6.45) is 9.67. The number of benzene rings is 6. The molecule has 0 heterocycles. The Morgan fingerprint density at radius 2 is 0.953 bits per heavy atom. The highest BCUT2D eigenvalue weighted by molar-refractivity contribution is 6.81. The molecule has 2 aliphatic rings. The van der Waals surface area contributed by atoms with E-state index < -0.39 is 8.07 Å². The van der Waals surface area contributed by atoms with Gasteiger partial charge in [0.25, 0.3) is 0 Å². The first kappa shape index (κ1) is 26.7. The molecule has 0 saturated carbocycles. The van der Waals surface area contributed by atoms with Gasteiger partial charge in [-0.2, -0.15) is 0 Å². The second kappa shape index (κ2) is 10.1. The van der Waals surface area contributed by atoms with Crippen molar-refractivity contribution < 1.29 is 0 Å². The molecule has 0 aliphatic heterocycles. The monoisotopic (exact) mass is 608 g/mol. The largest absolute Gasteiger partial charge is 0.0836 e. The minimum atomic E-state index is -1.92. The van der Waals surface area contributed by atoms with E-state index in [1.165, 1.54) is 55.3 Å². The molecule has 0 amide bonds. The number of rotatable bonds is 4. The molecule has 0 radical (unpaired) electrons. The lowest BCUT2D eigenvalue weighted by Gasteiger charge is -2.35. The zero-order valence-corrected chi connectivity index (χ0v) is 26.6. The van der Waals surface area contributed by atoms with Crippen LogP contribution >= 0.6 is 23.2 Å². The van der Waals surface area contributed by atoms with Gasteiger partial charge in [0.1, 0.15) is 0 Å². The van der Waals surface area contributed by atoms with Gasteiger partial charge in [0, 0.05) is 20.8 Å². The number of halogens is 2. The van der Waals surface area contributed by atoms with Crippen LogP contribution in [0.25, 0.3) is 56.0 Å². The Balaban J connectivity index is 1.17. The molecule has 0 nitrogen and oxygen atoms in total. The molecule has 0 saturated heterocycles. The van der Waals surface area contributed by atoms with E-state index in [4.69, 9.17) is 23.2 Å². The quantitative estimate of drug-likeness (QED) is 0.174. The van der Waals surface area contributed by atoms with Gasteiger partial charge in [-0.1, -0.05) is 146 Å². The highest BCUT2D eigenvalue weighted by atomic mass is 35.5. The predicted molar refractivity (Wildman–Crippen MR) is 190 cm³/mol. The van der Waals surface area contributed by atoms with E-state index in [1.807, 2.05) is 12.1 Å². The summed E-state index contributed by atoms with van der Waals surface area (Å²) >= 11 is 13.5. The SMILES string of the molecule is C[Si](C)(C1C=Cc2c(-c3cc(Cl)c4ccccc4c3)cccc21)C1C=Cc2c(-c3cc(Cl)c4ccccc4c3)cccc21. The average Bonchev–Trinajstić information content (AvgIpc) is 3.67. The smallest absolute Gasteiger partial charge is 0.0715 e. The standard InChI is InChI=1S/C40H30Cl2Si/c1-43(2,39-19-17-33-29(13-7-15-35(33)39)27-21-25-9-3-5-11-31(25)37(41)23-27)40-20-18-34-30(14-8-16-36(34)40)28-22-26-10-4-6-12-32(26)38(42)24-28/h3-24,39-40H,1-2H3. The Labute approximate surface area is 263 Å². The maximum atomic E-state index is 6.77. The minimum Gasteiger partial charge on any atom is -0.0836 e. The van der Waals surface area contributed by atoms with Crippen molar-refractivity contribution in [3.63, 3.8) is 0 Å². The number of allylic oxidation sites excluding steroid dienone is 2. The second-order valence-electron chi connectivity index (χ2n) is 12.5. The first-order chi connectivity index (χ1) is 20.9. The topological polar surface area (TPSA) is 0 Å². The Bertz CT molecular complexity index is 2000. The van der Waals surface area contributed by atoms with Crippen LogP contribution in [0.15, 0.2) is 121 Å². The maximum Gasteiger partial charge on any atom is 0.0715 e. The molecule has 3 heteroatoms. The Kier molecular flexibility index (Phi) is 6.27. The first-order valence-corrected chi connectivity index (χ1v) is 18.8. The molecule has 2 unspecified atom stereocenters. The van der Waals surface area contributed by atoms with E-state index in [9.17, 15) is 0 Å². The molecule has 0 spiro atoms. The van der Waals surface area contributed by atoms with Gasteiger partial charge in [0.05, 0.1) is 8.07 Å². The fourth-order valence-corrected chi connectivity index (χ4v) is 11.8. The molecule has 0 bridgehead atoms. The maximum absolute atomic E-state index is 6.77. The van der Waals surface area contributed by atoms with Crippen LogP contribution in [0, 0.1) is 0 Å². The number of hydrogen-bond donors (Lipinski definition) is 0. The fraction of sp³-hybridized carbons (Fsp3) is 0.100. The van der Waals surface area contributed by atoms with Gasteiger partial charge in [-0.25, -0.2) is 0 Å². The Morgan fingerprint density at radius 3 is 1.42 bits per heavy atom. The summed E-state index contributed by atoms with van der Waals surface area (Å²) in [5, 5.41) is 6.14. The molecule has 6 aromatic carbocycles. The van der Waals surface area contributed by atoms with Crippen molar-refractivity contribution in [1.82, 2.24) is 0 Å². The molecular weight excluding hydrogens is 579 g/mol. The second-order valence-corrected chi connectivity index (χ2v) is 18.2. The van der Waals surface area contributed by atoms with Crippen LogP contribution in [0.5, 0.6) is 0 Å². The van der Waals surface area contributed by atoms with Crippen LogP contribution in [-0.2, 0) is 0 Å². The highest BCUT2D eigenvalue weighted by Crippen LogP contribution is 2.50. The average molecular weight is 610 g/mol. The molecular formula is C40H30Cl2Si. The van der Waals surface area contributed by atoms with E-state index in [0.29, 0.717) is 11.1 Å². The summed E-state index contributed by atoms with van der Waals surface area (Å²) in [6, 6.07) is 39.1. The van der Waals surface area contributed by atoms with E-state index in [-0.39, 0.29) is 0 Å². The lowest BCUT2D eigenvalue weighted by Crippen LogP contribution is -2.40. The number of hydrogen-bond acceptors (Lipinski definition) is 0. The minimum absolute atomic E-state index is 0.415. The molecule has 6 aromatic rings. The molecule has 8 rings (SSSR count). The van der Waals surface area contributed by atoms with Gasteiger partial charge in [-0.3, -0.25) is 0 Å². The van der Waals surface area contributed by atoms with Crippen molar-refractivity contribution in [2.45, 2.75) is 24.2 Å². The molecule has 2 atom stereocenters. The van der Waals surface area contributed by atoms with E-state index >= 15 is 0 Å².